The lowest BCUT2D eigenvalue weighted by atomic mass is 9.64. The van der Waals surface area contributed by atoms with E-state index in [-0.39, 0.29) is 17.3 Å². The molecule has 4 aromatic rings. The van der Waals surface area contributed by atoms with Gasteiger partial charge in [-0.3, -0.25) is 19.4 Å². The van der Waals surface area contributed by atoms with Gasteiger partial charge in [-0.05, 0) is 24.6 Å². The van der Waals surface area contributed by atoms with Gasteiger partial charge in [0.1, 0.15) is 5.41 Å². The SMILES string of the molecule is COc1cccc([C@H]2[C@H](C(C)=O)N3c4c(ccc5cccnc45)C=C[C@H]3C23C(=O)c2ccccc2C3=O)c1OC. The zero-order chi connectivity index (χ0) is 27.8. The number of carbonyl (C=O) groups is 3. The van der Waals surface area contributed by atoms with Crippen LogP contribution in [0.25, 0.3) is 17.0 Å². The lowest BCUT2D eigenvalue weighted by Crippen LogP contribution is -2.48. The second kappa shape index (κ2) is 8.61. The normalized spacial score (nSPS) is 21.9. The molecule has 3 atom stereocenters. The van der Waals surface area contributed by atoms with Crippen molar-refractivity contribution >= 4 is 40.0 Å². The van der Waals surface area contributed by atoms with E-state index in [9.17, 15) is 14.4 Å². The molecule has 7 nitrogen and oxygen atoms in total. The number of fused-ring (bicyclic) bond motifs is 7. The number of aromatic nitrogens is 1. The zero-order valence-corrected chi connectivity index (χ0v) is 22.3. The van der Waals surface area contributed by atoms with Gasteiger partial charge in [0.25, 0.3) is 0 Å². The standard InChI is InChI=1S/C33H26N2O5/c1-18(36)28-26(23-11-6-12-24(39-2)30(23)40-3)33(31(37)21-9-4-5-10-22(21)32(33)38)25-16-15-20-14-13-19-8-7-17-34-27(19)29(20)35(25)28/h4-17,25-26,28H,1-3H3/t25-,26-,28-/m0/s1. The highest BCUT2D eigenvalue weighted by atomic mass is 16.5. The van der Waals surface area contributed by atoms with E-state index in [4.69, 9.17) is 14.5 Å². The fraction of sp³-hybridized carbons (Fsp3) is 0.212. The number of benzene rings is 3. The molecule has 2 aliphatic heterocycles. The monoisotopic (exact) mass is 530 g/mol. The van der Waals surface area contributed by atoms with Crippen LogP contribution in [0, 0.1) is 5.41 Å². The van der Waals surface area contributed by atoms with E-state index in [0.717, 1.165) is 16.6 Å². The number of ether oxygens (including phenoxy) is 2. The molecule has 0 bridgehead atoms. The van der Waals surface area contributed by atoms with Gasteiger partial charge < -0.3 is 14.4 Å². The quantitative estimate of drug-likeness (QED) is 0.332. The molecule has 1 fully saturated rings. The number of Topliss-reactive ketones (excluding diaryl/α,β-unsaturated/α-hetero) is 3. The summed E-state index contributed by atoms with van der Waals surface area (Å²) in [5.74, 6) is -0.742. The Hall–Kier alpha value is -4.78. The second-order valence-electron chi connectivity index (χ2n) is 10.5. The van der Waals surface area contributed by atoms with E-state index in [0.29, 0.717) is 33.7 Å². The van der Waals surface area contributed by atoms with Crippen LogP contribution < -0.4 is 14.4 Å². The molecule has 3 aromatic carbocycles. The van der Waals surface area contributed by atoms with Gasteiger partial charge in [-0.2, -0.15) is 0 Å². The summed E-state index contributed by atoms with van der Waals surface area (Å²) in [6.45, 7) is 1.52. The first-order valence-corrected chi connectivity index (χ1v) is 13.2. The van der Waals surface area contributed by atoms with Crippen molar-refractivity contribution in [1.29, 1.82) is 0 Å². The summed E-state index contributed by atoms with van der Waals surface area (Å²) in [6, 6.07) is 18.6. The number of rotatable bonds is 4. The Bertz CT molecular complexity index is 1760. The lowest BCUT2D eigenvalue weighted by Gasteiger charge is -2.37. The highest BCUT2D eigenvalue weighted by Crippen LogP contribution is 2.62. The van der Waals surface area contributed by atoms with Crippen molar-refractivity contribution in [1.82, 2.24) is 4.98 Å². The fourth-order valence-electron chi connectivity index (χ4n) is 7.24. The van der Waals surface area contributed by atoms with E-state index in [1.165, 1.54) is 21.1 Å². The van der Waals surface area contributed by atoms with Crippen LogP contribution in [-0.2, 0) is 4.79 Å². The third-order valence-corrected chi connectivity index (χ3v) is 8.72. The fourth-order valence-corrected chi connectivity index (χ4v) is 7.24. The summed E-state index contributed by atoms with van der Waals surface area (Å²) in [4.78, 5) is 49.9. The van der Waals surface area contributed by atoms with Gasteiger partial charge in [-0.15, -0.1) is 0 Å². The molecule has 3 heterocycles. The number of ketones is 3. The van der Waals surface area contributed by atoms with Gasteiger partial charge in [0.2, 0.25) is 0 Å². The third kappa shape index (κ3) is 2.89. The first kappa shape index (κ1) is 24.3. The number of pyridine rings is 1. The first-order chi connectivity index (χ1) is 19.4. The minimum atomic E-state index is -1.61. The molecule has 0 unspecified atom stereocenters. The lowest BCUT2D eigenvalue weighted by molar-refractivity contribution is -0.118. The number of methoxy groups -OCH3 is 2. The zero-order valence-electron chi connectivity index (χ0n) is 22.3. The van der Waals surface area contributed by atoms with Crippen LogP contribution in [0.5, 0.6) is 11.5 Å². The largest absolute Gasteiger partial charge is 0.493 e. The summed E-state index contributed by atoms with van der Waals surface area (Å²) in [6.07, 6.45) is 5.56. The van der Waals surface area contributed by atoms with Crippen LogP contribution in [0.3, 0.4) is 0 Å². The van der Waals surface area contributed by atoms with Gasteiger partial charge in [-0.25, -0.2) is 0 Å². The number of carbonyl (C=O) groups excluding carboxylic acids is 3. The molecule has 0 N–H and O–H groups in total. The van der Waals surface area contributed by atoms with E-state index in [2.05, 4.69) is 0 Å². The molecule has 1 spiro atoms. The Labute approximate surface area is 231 Å². The molecular formula is C33H26N2O5. The Morgan fingerprint density at radius 1 is 0.900 bits per heavy atom. The van der Waals surface area contributed by atoms with Gasteiger partial charge in [0.05, 0.1) is 37.5 Å². The highest BCUT2D eigenvalue weighted by Gasteiger charge is 2.71. The minimum absolute atomic E-state index is 0.164. The molecular weight excluding hydrogens is 504 g/mol. The summed E-state index contributed by atoms with van der Waals surface area (Å²) in [5.41, 5.74) is 2.05. The molecule has 1 aromatic heterocycles. The Kier molecular flexibility index (Phi) is 5.23. The number of hydrogen-bond donors (Lipinski definition) is 0. The predicted octanol–water partition coefficient (Wildman–Crippen LogP) is 5.27. The van der Waals surface area contributed by atoms with Crippen LogP contribution in [0.4, 0.5) is 5.69 Å². The summed E-state index contributed by atoms with van der Waals surface area (Å²) >= 11 is 0. The molecule has 1 aliphatic carbocycles. The topological polar surface area (TPSA) is 85.8 Å². The number of nitrogens with zero attached hydrogens (tertiary/aromatic N) is 2. The van der Waals surface area contributed by atoms with E-state index in [1.54, 1.807) is 42.6 Å². The smallest absolute Gasteiger partial charge is 0.180 e. The number of anilines is 1. The van der Waals surface area contributed by atoms with Crippen molar-refractivity contribution in [3.8, 4) is 11.5 Å². The predicted molar refractivity (Wildman–Crippen MR) is 151 cm³/mol. The van der Waals surface area contributed by atoms with E-state index < -0.39 is 23.4 Å². The maximum Gasteiger partial charge on any atom is 0.180 e. The van der Waals surface area contributed by atoms with Gasteiger partial charge >= 0.3 is 0 Å². The molecule has 40 heavy (non-hydrogen) atoms. The Morgan fingerprint density at radius 2 is 1.65 bits per heavy atom. The van der Waals surface area contributed by atoms with Gasteiger partial charge in [-0.1, -0.05) is 66.7 Å². The molecule has 7 rings (SSSR count). The molecule has 0 radical (unpaired) electrons. The average molecular weight is 531 g/mol. The Balaban J connectivity index is 1.60. The second-order valence-corrected chi connectivity index (χ2v) is 10.5. The van der Waals surface area contributed by atoms with E-state index in [1.807, 2.05) is 47.4 Å². The molecule has 3 aliphatic rings. The van der Waals surface area contributed by atoms with Crippen LogP contribution in [0.1, 0.15) is 44.7 Å². The van der Waals surface area contributed by atoms with Crippen molar-refractivity contribution < 1.29 is 23.9 Å². The first-order valence-electron chi connectivity index (χ1n) is 13.2. The van der Waals surface area contributed by atoms with Gasteiger partial charge in [0, 0.05) is 34.2 Å². The average Bonchev–Trinajstić information content (AvgIpc) is 3.42. The summed E-state index contributed by atoms with van der Waals surface area (Å²) in [7, 11) is 3.06. The molecule has 7 heteroatoms. The van der Waals surface area contributed by atoms with Crippen molar-refractivity contribution in [3.63, 3.8) is 0 Å². The summed E-state index contributed by atoms with van der Waals surface area (Å²) in [5, 5.41) is 0.904. The van der Waals surface area contributed by atoms with E-state index >= 15 is 0 Å². The molecule has 0 amide bonds. The maximum absolute atomic E-state index is 14.7. The summed E-state index contributed by atoms with van der Waals surface area (Å²) < 4.78 is 11.5. The van der Waals surface area contributed by atoms with Crippen molar-refractivity contribution in [2.75, 3.05) is 19.1 Å². The molecule has 0 saturated carbocycles. The van der Waals surface area contributed by atoms with Crippen LogP contribution in [0.2, 0.25) is 0 Å². The Morgan fingerprint density at radius 3 is 2.33 bits per heavy atom. The molecule has 1 saturated heterocycles. The van der Waals surface area contributed by atoms with Crippen molar-refractivity contribution in [3.05, 3.63) is 101 Å². The highest BCUT2D eigenvalue weighted by molar-refractivity contribution is 6.32. The van der Waals surface area contributed by atoms with Crippen LogP contribution in [-0.4, -0.2) is 48.6 Å². The number of hydrogen-bond acceptors (Lipinski definition) is 7. The van der Waals surface area contributed by atoms with Crippen LogP contribution >= 0.6 is 0 Å². The minimum Gasteiger partial charge on any atom is -0.493 e. The van der Waals surface area contributed by atoms with Gasteiger partial charge in [0.15, 0.2) is 28.8 Å². The van der Waals surface area contributed by atoms with Crippen LogP contribution in [0.15, 0.2) is 79.0 Å². The maximum atomic E-state index is 14.7. The third-order valence-electron chi connectivity index (χ3n) is 8.72. The van der Waals surface area contributed by atoms with Crippen molar-refractivity contribution in [2.24, 2.45) is 5.41 Å². The number of para-hydroxylation sites is 1. The van der Waals surface area contributed by atoms with Crippen molar-refractivity contribution in [2.45, 2.75) is 24.9 Å². The molecule has 198 valence electrons.